The molecule has 2 aliphatic heterocycles. The molecule has 0 amide bonds. The topological polar surface area (TPSA) is 43.8 Å². The van der Waals surface area contributed by atoms with E-state index in [0.29, 0.717) is 5.56 Å². The number of likely N-dealkylation sites (tertiary alicyclic amines) is 2. The van der Waals surface area contributed by atoms with Gasteiger partial charge in [-0.3, -0.25) is 9.80 Å². The van der Waals surface area contributed by atoms with Crippen molar-refractivity contribution in [1.82, 2.24) is 9.80 Å². The third-order valence-electron chi connectivity index (χ3n) is 5.49. The van der Waals surface area contributed by atoms with E-state index in [1.807, 2.05) is 12.1 Å². The normalized spacial score (nSPS) is 23.7. The van der Waals surface area contributed by atoms with Crippen LogP contribution in [-0.2, 0) is 13.1 Å². The molecule has 2 saturated heterocycles. The number of carbonyl (C=O) groups is 1. The SMILES string of the molecule is O=C(O)c1ccc(CN2C[C@H]3CN(Cc4ccccc4)C[C@H]3C2)cc1. The average molecular weight is 336 g/mol. The maximum absolute atomic E-state index is 10.9. The van der Waals surface area contributed by atoms with E-state index in [1.54, 1.807) is 12.1 Å². The molecule has 0 unspecified atom stereocenters. The number of aromatic carboxylic acids is 1. The third-order valence-corrected chi connectivity index (χ3v) is 5.49. The minimum Gasteiger partial charge on any atom is -0.478 e. The second-order valence-corrected chi connectivity index (χ2v) is 7.40. The molecule has 25 heavy (non-hydrogen) atoms. The Morgan fingerprint density at radius 3 is 1.76 bits per heavy atom. The van der Waals surface area contributed by atoms with Gasteiger partial charge in [-0.05, 0) is 35.1 Å². The molecule has 4 heteroatoms. The van der Waals surface area contributed by atoms with Crippen LogP contribution in [-0.4, -0.2) is 47.1 Å². The highest BCUT2D eigenvalue weighted by molar-refractivity contribution is 5.87. The van der Waals surface area contributed by atoms with Gasteiger partial charge in [-0.15, -0.1) is 0 Å². The predicted molar refractivity (Wildman–Crippen MR) is 97.4 cm³/mol. The summed E-state index contributed by atoms with van der Waals surface area (Å²) < 4.78 is 0. The van der Waals surface area contributed by atoms with E-state index in [1.165, 1.54) is 24.2 Å². The van der Waals surface area contributed by atoms with Gasteiger partial charge in [-0.2, -0.15) is 0 Å². The molecule has 4 nitrogen and oxygen atoms in total. The van der Waals surface area contributed by atoms with Gasteiger partial charge in [-0.1, -0.05) is 42.5 Å². The molecule has 1 N–H and O–H groups in total. The van der Waals surface area contributed by atoms with Gasteiger partial charge in [-0.25, -0.2) is 4.79 Å². The minimum atomic E-state index is -0.860. The molecule has 0 bridgehead atoms. The molecule has 0 spiro atoms. The van der Waals surface area contributed by atoms with Gasteiger partial charge < -0.3 is 5.11 Å². The molecule has 2 heterocycles. The average Bonchev–Trinajstić information content (AvgIpc) is 3.14. The zero-order chi connectivity index (χ0) is 17.2. The van der Waals surface area contributed by atoms with Crippen LogP contribution in [0.25, 0.3) is 0 Å². The summed E-state index contributed by atoms with van der Waals surface area (Å²) in [7, 11) is 0. The molecule has 0 radical (unpaired) electrons. The van der Waals surface area contributed by atoms with Crippen LogP contribution >= 0.6 is 0 Å². The summed E-state index contributed by atoms with van der Waals surface area (Å²) in [4.78, 5) is 16.0. The van der Waals surface area contributed by atoms with Crippen molar-refractivity contribution in [3.63, 3.8) is 0 Å². The first-order valence-electron chi connectivity index (χ1n) is 8.98. The molecule has 2 aromatic carbocycles. The van der Waals surface area contributed by atoms with Crippen molar-refractivity contribution in [2.45, 2.75) is 13.1 Å². The van der Waals surface area contributed by atoms with E-state index in [4.69, 9.17) is 5.11 Å². The summed E-state index contributed by atoms with van der Waals surface area (Å²) in [5.74, 6) is 0.671. The summed E-state index contributed by atoms with van der Waals surface area (Å²) >= 11 is 0. The zero-order valence-electron chi connectivity index (χ0n) is 14.3. The van der Waals surface area contributed by atoms with Crippen LogP contribution < -0.4 is 0 Å². The fourth-order valence-electron chi connectivity index (χ4n) is 4.30. The molecular formula is C21H24N2O2. The lowest BCUT2D eigenvalue weighted by Crippen LogP contribution is -2.28. The summed E-state index contributed by atoms with van der Waals surface area (Å²) in [6, 6.07) is 18.0. The highest BCUT2D eigenvalue weighted by Gasteiger charge is 2.39. The standard InChI is InChI=1S/C21H24N2O2/c24-21(25)18-8-6-17(7-9-18)11-23-14-19-12-22(13-20(19)15-23)10-16-4-2-1-3-5-16/h1-9,19-20H,10-15H2,(H,24,25)/t19-,20+. The Kier molecular flexibility index (Phi) is 4.55. The maximum atomic E-state index is 10.9. The second kappa shape index (κ2) is 6.98. The Morgan fingerprint density at radius 1 is 0.800 bits per heavy atom. The van der Waals surface area contributed by atoms with Crippen LogP contribution in [0.3, 0.4) is 0 Å². The number of rotatable bonds is 5. The molecule has 4 rings (SSSR count). The van der Waals surface area contributed by atoms with Crippen molar-refractivity contribution in [3.8, 4) is 0 Å². The van der Waals surface area contributed by atoms with Crippen molar-refractivity contribution >= 4 is 5.97 Å². The van der Waals surface area contributed by atoms with Crippen molar-refractivity contribution in [2.75, 3.05) is 26.2 Å². The lowest BCUT2D eigenvalue weighted by molar-refractivity contribution is 0.0697. The first-order chi connectivity index (χ1) is 12.2. The number of hydrogen-bond donors (Lipinski definition) is 1. The van der Waals surface area contributed by atoms with Gasteiger partial charge in [0.2, 0.25) is 0 Å². The van der Waals surface area contributed by atoms with Gasteiger partial charge in [0.15, 0.2) is 0 Å². The van der Waals surface area contributed by atoms with Crippen molar-refractivity contribution in [3.05, 3.63) is 71.3 Å². The van der Waals surface area contributed by atoms with E-state index >= 15 is 0 Å². The first kappa shape index (κ1) is 16.3. The summed E-state index contributed by atoms with van der Waals surface area (Å²) in [5.41, 5.74) is 2.96. The number of benzene rings is 2. The summed E-state index contributed by atoms with van der Waals surface area (Å²) in [6.07, 6.45) is 0. The molecule has 130 valence electrons. The third kappa shape index (κ3) is 3.75. The minimum absolute atomic E-state index is 0.360. The van der Waals surface area contributed by atoms with Crippen molar-refractivity contribution in [1.29, 1.82) is 0 Å². The quantitative estimate of drug-likeness (QED) is 0.912. The smallest absolute Gasteiger partial charge is 0.335 e. The monoisotopic (exact) mass is 336 g/mol. The van der Waals surface area contributed by atoms with Crippen LogP contribution in [0, 0.1) is 11.8 Å². The van der Waals surface area contributed by atoms with Crippen molar-refractivity contribution < 1.29 is 9.90 Å². The van der Waals surface area contributed by atoms with Gasteiger partial charge in [0, 0.05) is 39.3 Å². The number of carboxylic acid groups (broad SMARTS) is 1. The molecule has 2 aromatic rings. The Balaban J connectivity index is 1.30. The van der Waals surface area contributed by atoms with E-state index in [9.17, 15) is 4.79 Å². The van der Waals surface area contributed by atoms with Gasteiger partial charge in [0.1, 0.15) is 0 Å². The van der Waals surface area contributed by atoms with Gasteiger partial charge in [0.25, 0.3) is 0 Å². The number of nitrogens with zero attached hydrogens (tertiary/aromatic N) is 2. The van der Waals surface area contributed by atoms with Crippen LogP contribution in [0.4, 0.5) is 0 Å². The molecule has 2 fully saturated rings. The first-order valence-corrected chi connectivity index (χ1v) is 8.98. The lowest BCUT2D eigenvalue weighted by atomic mass is 10.0. The summed E-state index contributed by atoms with van der Waals surface area (Å²) in [6.45, 7) is 6.66. The molecule has 0 saturated carbocycles. The van der Waals surface area contributed by atoms with E-state index in [2.05, 4.69) is 40.1 Å². The molecule has 0 aliphatic carbocycles. The predicted octanol–water partition coefficient (Wildman–Crippen LogP) is 2.95. The van der Waals surface area contributed by atoms with E-state index < -0.39 is 5.97 Å². The molecule has 2 aliphatic rings. The number of hydrogen-bond acceptors (Lipinski definition) is 3. The van der Waals surface area contributed by atoms with Crippen LogP contribution in [0.15, 0.2) is 54.6 Å². The lowest BCUT2D eigenvalue weighted by Gasteiger charge is -2.21. The largest absolute Gasteiger partial charge is 0.478 e. The van der Waals surface area contributed by atoms with Crippen LogP contribution in [0.2, 0.25) is 0 Å². The molecular weight excluding hydrogens is 312 g/mol. The fraction of sp³-hybridized carbons (Fsp3) is 0.381. The van der Waals surface area contributed by atoms with Crippen LogP contribution in [0.1, 0.15) is 21.5 Å². The van der Waals surface area contributed by atoms with E-state index in [0.717, 1.165) is 38.0 Å². The van der Waals surface area contributed by atoms with Gasteiger partial charge in [0.05, 0.1) is 5.56 Å². The fourth-order valence-corrected chi connectivity index (χ4v) is 4.30. The Bertz CT molecular complexity index is 715. The van der Waals surface area contributed by atoms with Gasteiger partial charge >= 0.3 is 5.97 Å². The highest BCUT2D eigenvalue weighted by atomic mass is 16.4. The Morgan fingerprint density at radius 2 is 1.28 bits per heavy atom. The molecule has 0 aromatic heterocycles. The number of carboxylic acids is 1. The second-order valence-electron chi connectivity index (χ2n) is 7.40. The zero-order valence-corrected chi connectivity index (χ0v) is 14.3. The summed E-state index contributed by atoms with van der Waals surface area (Å²) in [5, 5.41) is 8.98. The maximum Gasteiger partial charge on any atom is 0.335 e. The van der Waals surface area contributed by atoms with E-state index in [-0.39, 0.29) is 0 Å². The molecule has 2 atom stereocenters. The Labute approximate surface area is 148 Å². The van der Waals surface area contributed by atoms with Crippen molar-refractivity contribution in [2.24, 2.45) is 11.8 Å². The van der Waals surface area contributed by atoms with Crippen LogP contribution in [0.5, 0.6) is 0 Å². The Hall–Kier alpha value is -2.17. The highest BCUT2D eigenvalue weighted by Crippen LogP contribution is 2.32. The number of fused-ring (bicyclic) bond motifs is 1.